The van der Waals surface area contributed by atoms with Crippen molar-refractivity contribution in [3.63, 3.8) is 0 Å². The molecule has 1 aliphatic carbocycles. The Bertz CT molecular complexity index is 524. The Hall–Kier alpha value is -0.823. The van der Waals surface area contributed by atoms with Crippen LogP contribution in [0.2, 0.25) is 18.1 Å². The van der Waals surface area contributed by atoms with Crippen LogP contribution in [0.1, 0.15) is 54.4 Å². The van der Waals surface area contributed by atoms with Crippen LogP contribution >= 0.6 is 0 Å². The van der Waals surface area contributed by atoms with Gasteiger partial charge in [-0.1, -0.05) is 64.2 Å². The minimum Gasteiger partial charge on any atom is -0.403 e. The zero-order valence-corrected chi connectivity index (χ0v) is 17.2. The minimum atomic E-state index is -1.88. The largest absolute Gasteiger partial charge is 0.403 e. The zero-order valence-electron chi connectivity index (χ0n) is 16.2. The Morgan fingerprint density at radius 2 is 1.87 bits per heavy atom. The first-order valence-electron chi connectivity index (χ1n) is 8.54. The van der Waals surface area contributed by atoms with Gasteiger partial charge in [0.15, 0.2) is 8.32 Å². The summed E-state index contributed by atoms with van der Waals surface area (Å²) in [5.41, 5.74) is 1.34. The van der Waals surface area contributed by atoms with Crippen LogP contribution < -0.4 is 0 Å². The normalized spacial score (nSPS) is 29.5. The molecule has 0 aliphatic heterocycles. The van der Waals surface area contributed by atoms with Crippen LogP contribution in [0.5, 0.6) is 0 Å². The Kier molecular flexibility index (Phi) is 6.49. The fraction of sp³-hybridized carbons (Fsp3) is 0.700. The summed E-state index contributed by atoms with van der Waals surface area (Å²) in [5, 5.41) is 10.2. The molecule has 0 fully saturated rings. The minimum absolute atomic E-state index is 0.0318. The second-order valence-corrected chi connectivity index (χ2v) is 13.7. The van der Waals surface area contributed by atoms with Crippen molar-refractivity contribution in [1.82, 2.24) is 0 Å². The lowest BCUT2D eigenvalue weighted by atomic mass is 9.87. The molecule has 1 rings (SSSR count). The molecule has 0 spiro atoms. The summed E-state index contributed by atoms with van der Waals surface area (Å²) < 4.78 is 6.48. The molecule has 23 heavy (non-hydrogen) atoms. The molecular formula is C20H34O2Si. The highest BCUT2D eigenvalue weighted by Gasteiger charge is 2.39. The van der Waals surface area contributed by atoms with Gasteiger partial charge in [0.2, 0.25) is 0 Å². The van der Waals surface area contributed by atoms with E-state index >= 15 is 0 Å². The molecule has 1 N–H and O–H groups in total. The number of allylic oxidation sites excluding steroid dienone is 2. The molecule has 1 unspecified atom stereocenters. The molecule has 0 aromatic carbocycles. The Balaban J connectivity index is 3.06. The van der Waals surface area contributed by atoms with Crippen LogP contribution in [-0.4, -0.2) is 25.6 Å². The molecular weight excluding hydrogens is 300 g/mol. The van der Waals surface area contributed by atoms with Gasteiger partial charge in [0, 0.05) is 6.42 Å². The number of aliphatic hydroxyl groups is 1. The lowest BCUT2D eigenvalue weighted by Crippen LogP contribution is -2.43. The van der Waals surface area contributed by atoms with Crippen molar-refractivity contribution < 1.29 is 9.53 Å². The molecule has 0 radical (unpaired) electrons. The highest BCUT2D eigenvalue weighted by Crippen LogP contribution is 2.38. The van der Waals surface area contributed by atoms with Crippen LogP contribution in [0.25, 0.3) is 0 Å². The van der Waals surface area contributed by atoms with Gasteiger partial charge in [-0.3, -0.25) is 0 Å². The molecule has 0 amide bonds. The quantitative estimate of drug-likeness (QED) is 0.434. The van der Waals surface area contributed by atoms with Crippen LogP contribution in [0, 0.1) is 17.3 Å². The summed E-state index contributed by atoms with van der Waals surface area (Å²) in [7, 11) is -1.88. The summed E-state index contributed by atoms with van der Waals surface area (Å²) in [5.74, 6) is 6.12. The van der Waals surface area contributed by atoms with Gasteiger partial charge in [-0.15, -0.1) is 0 Å². The number of aliphatic hydroxyl groups excluding tert-OH is 1. The van der Waals surface area contributed by atoms with Crippen LogP contribution in [0.4, 0.5) is 0 Å². The molecule has 2 nitrogen and oxygen atoms in total. The van der Waals surface area contributed by atoms with Gasteiger partial charge in [-0.2, -0.15) is 0 Å². The number of rotatable bonds is 2. The molecule has 0 saturated heterocycles. The molecule has 0 bridgehead atoms. The summed E-state index contributed by atoms with van der Waals surface area (Å²) in [6, 6.07) is 0. The SMILES string of the molecule is C/C1=C\CC(C)(C)/C=C/[C@@H](O)C#CC(O[Si](C)(C)C(C)(C)C)C1. The zero-order chi connectivity index (χ0) is 17.9. The third-order valence-electron chi connectivity index (χ3n) is 4.85. The maximum absolute atomic E-state index is 10.1. The smallest absolute Gasteiger partial charge is 0.193 e. The molecule has 0 heterocycles. The Morgan fingerprint density at radius 1 is 1.26 bits per heavy atom. The van der Waals surface area contributed by atoms with Crippen LogP contribution in [0.15, 0.2) is 23.8 Å². The van der Waals surface area contributed by atoms with Gasteiger partial charge in [-0.05, 0) is 43.0 Å². The third kappa shape index (κ3) is 6.67. The van der Waals surface area contributed by atoms with Gasteiger partial charge >= 0.3 is 0 Å². The molecule has 0 saturated carbocycles. The van der Waals surface area contributed by atoms with E-state index < -0.39 is 14.4 Å². The monoisotopic (exact) mass is 334 g/mol. The van der Waals surface area contributed by atoms with Crippen LogP contribution in [0.3, 0.4) is 0 Å². The van der Waals surface area contributed by atoms with Crippen molar-refractivity contribution in [3.05, 3.63) is 23.8 Å². The van der Waals surface area contributed by atoms with Crippen molar-refractivity contribution in [2.24, 2.45) is 5.41 Å². The van der Waals surface area contributed by atoms with Crippen molar-refractivity contribution >= 4 is 8.32 Å². The second-order valence-electron chi connectivity index (χ2n) is 8.91. The topological polar surface area (TPSA) is 29.5 Å². The number of hydrogen-bond acceptors (Lipinski definition) is 2. The molecule has 3 heteroatoms. The summed E-state index contributed by atoms with van der Waals surface area (Å²) in [6.45, 7) is 17.7. The molecule has 0 aromatic heterocycles. The average molecular weight is 335 g/mol. The first-order chi connectivity index (χ1) is 10.3. The molecule has 2 atom stereocenters. The van der Waals surface area contributed by atoms with Gasteiger partial charge in [0.1, 0.15) is 12.2 Å². The van der Waals surface area contributed by atoms with Gasteiger partial charge in [0.05, 0.1) is 0 Å². The Morgan fingerprint density at radius 3 is 2.43 bits per heavy atom. The third-order valence-corrected chi connectivity index (χ3v) is 9.34. The highest BCUT2D eigenvalue weighted by molar-refractivity contribution is 6.74. The van der Waals surface area contributed by atoms with E-state index in [1.165, 1.54) is 5.57 Å². The van der Waals surface area contributed by atoms with E-state index in [-0.39, 0.29) is 16.6 Å². The van der Waals surface area contributed by atoms with E-state index in [4.69, 9.17) is 4.43 Å². The predicted molar refractivity (Wildman–Crippen MR) is 102 cm³/mol. The number of hydrogen-bond donors (Lipinski definition) is 1. The average Bonchev–Trinajstić information content (AvgIpc) is 2.40. The van der Waals surface area contributed by atoms with E-state index in [0.29, 0.717) is 0 Å². The van der Waals surface area contributed by atoms with E-state index in [2.05, 4.69) is 78.6 Å². The highest BCUT2D eigenvalue weighted by atomic mass is 28.4. The van der Waals surface area contributed by atoms with Crippen molar-refractivity contribution in [1.29, 1.82) is 0 Å². The fourth-order valence-corrected chi connectivity index (χ4v) is 3.32. The fourth-order valence-electron chi connectivity index (χ4n) is 2.11. The maximum atomic E-state index is 10.1. The van der Waals surface area contributed by atoms with Crippen molar-refractivity contribution in [3.8, 4) is 11.8 Å². The first-order valence-corrected chi connectivity index (χ1v) is 11.5. The summed E-state index contributed by atoms with van der Waals surface area (Å²) in [6.07, 6.45) is 7.04. The Labute approximate surface area is 144 Å². The van der Waals surface area contributed by atoms with E-state index in [0.717, 1.165) is 12.8 Å². The molecule has 0 aromatic rings. The van der Waals surface area contributed by atoms with E-state index in [9.17, 15) is 5.11 Å². The predicted octanol–water partition coefficient (Wildman–Crippen LogP) is 5.06. The molecule has 1 aliphatic rings. The first kappa shape index (κ1) is 20.2. The van der Waals surface area contributed by atoms with Crippen molar-refractivity contribution in [2.75, 3.05) is 0 Å². The van der Waals surface area contributed by atoms with Crippen molar-refractivity contribution in [2.45, 2.75) is 84.7 Å². The van der Waals surface area contributed by atoms with E-state index in [1.807, 2.05) is 0 Å². The lowest BCUT2D eigenvalue weighted by molar-refractivity contribution is 0.231. The van der Waals surface area contributed by atoms with Gasteiger partial charge < -0.3 is 9.53 Å². The van der Waals surface area contributed by atoms with Gasteiger partial charge in [0.25, 0.3) is 0 Å². The van der Waals surface area contributed by atoms with Crippen LogP contribution in [-0.2, 0) is 4.43 Å². The molecule has 130 valence electrons. The lowest BCUT2D eigenvalue weighted by Gasteiger charge is -2.38. The summed E-state index contributed by atoms with van der Waals surface area (Å²) >= 11 is 0. The van der Waals surface area contributed by atoms with E-state index in [1.54, 1.807) is 6.08 Å². The standard InChI is InChI=1S/C20H34O2Si/c1-16-11-13-20(5,6)14-12-17(21)9-10-18(15-16)22-23(7,8)19(2,3)4/h11-12,14,17-18,21H,13,15H2,1-8H3/b14-12+,16-11+/t17-,18?/m0/s1. The maximum Gasteiger partial charge on any atom is 0.193 e. The summed E-state index contributed by atoms with van der Waals surface area (Å²) in [4.78, 5) is 0. The second kappa shape index (κ2) is 7.38. The van der Waals surface area contributed by atoms with Gasteiger partial charge in [-0.25, -0.2) is 0 Å².